The van der Waals surface area contributed by atoms with Crippen molar-refractivity contribution in [1.82, 2.24) is 84.2 Å². The minimum Gasteiger partial charge on any atom is -0.444 e. The van der Waals surface area contributed by atoms with Crippen LogP contribution in [-0.2, 0) is 28.6 Å². The number of halogens is 3. The third-order valence-electron chi connectivity index (χ3n) is 20.6. The van der Waals surface area contributed by atoms with Gasteiger partial charge in [-0.1, -0.05) is 25.7 Å². The number of ketones is 1. The van der Waals surface area contributed by atoms with Crippen LogP contribution in [0, 0.1) is 0 Å². The molecule has 13 heterocycles. The highest BCUT2D eigenvalue weighted by atomic mass is 79.9. The molecule has 6 atom stereocenters. The van der Waals surface area contributed by atoms with Gasteiger partial charge in [0.05, 0.1) is 12.1 Å². The average Bonchev–Trinajstić information content (AvgIpc) is 1.62. The fraction of sp³-hybridized carbons (Fsp3) is 0.584. The second kappa shape index (κ2) is 35.5. The number of nitrogens with two attached hydrogens (primary N) is 1. The number of nitrogen functional groups attached to an aromatic ring is 1. The zero-order valence-corrected chi connectivity index (χ0v) is 70.7. The maximum Gasteiger partial charge on any atom is 0.410 e. The van der Waals surface area contributed by atoms with E-state index in [4.69, 9.17) is 24.9 Å². The third kappa shape index (κ3) is 20.8. The number of hydrogen-bond donors (Lipinski definition) is 2. The van der Waals surface area contributed by atoms with Crippen LogP contribution >= 0.6 is 47.8 Å². The summed E-state index contributed by atoms with van der Waals surface area (Å²) in [5, 5.41) is 28.9. The fourth-order valence-electron chi connectivity index (χ4n) is 15.7. The summed E-state index contributed by atoms with van der Waals surface area (Å²) in [4.78, 5) is 130. The second-order valence-electron chi connectivity index (χ2n) is 32.9. The van der Waals surface area contributed by atoms with Crippen LogP contribution in [0.2, 0.25) is 0 Å². The summed E-state index contributed by atoms with van der Waals surface area (Å²) in [6, 6.07) is 14.7. The minimum atomic E-state index is -0.611. The third-order valence-corrected chi connectivity index (χ3v) is 21.8. The maximum atomic E-state index is 13.2. The number of rotatable bonds is 8. The van der Waals surface area contributed by atoms with Crippen LogP contribution in [0.3, 0.4) is 0 Å². The molecule has 15 rings (SSSR count). The molecule has 602 valence electrons. The van der Waals surface area contributed by atoms with Gasteiger partial charge < -0.3 is 49.1 Å². The Bertz CT molecular complexity index is 4530. The predicted octanol–water partition coefficient (Wildman–Crippen LogP) is 13.4. The van der Waals surface area contributed by atoms with E-state index in [0.29, 0.717) is 77.0 Å². The first kappa shape index (κ1) is 83.8. The lowest BCUT2D eigenvalue weighted by atomic mass is 10.0. The Balaban J connectivity index is 0.000000152. The molecule has 0 radical (unpaired) electrons. The topological polar surface area (TPSA) is 364 Å². The number of nitrogens with one attached hydrogen (secondary N) is 1. The van der Waals surface area contributed by atoms with Crippen molar-refractivity contribution in [3.63, 3.8) is 0 Å². The molecule has 6 bridgehead atoms. The van der Waals surface area contributed by atoms with Gasteiger partial charge in [0, 0.05) is 126 Å². The molecule has 2 aliphatic carbocycles. The Morgan fingerprint density at radius 1 is 0.464 bits per heavy atom. The van der Waals surface area contributed by atoms with Crippen molar-refractivity contribution in [2.75, 3.05) is 62.1 Å². The molecule has 8 fully saturated rings. The van der Waals surface area contributed by atoms with Gasteiger partial charge >= 0.3 is 18.3 Å². The zero-order chi connectivity index (χ0) is 80.8. The summed E-state index contributed by atoms with van der Waals surface area (Å²) in [6.07, 6.45) is 18.9. The molecule has 7 aromatic heterocycles. The lowest BCUT2D eigenvalue weighted by Crippen LogP contribution is -2.45. The Hall–Kier alpha value is -9.12. The predicted molar refractivity (Wildman–Crippen MR) is 430 cm³/mol. The highest BCUT2D eigenvalue weighted by molar-refractivity contribution is 9.11. The molecule has 35 heteroatoms. The molecule has 112 heavy (non-hydrogen) atoms. The van der Waals surface area contributed by atoms with E-state index in [9.17, 15) is 38.4 Å². The Morgan fingerprint density at radius 2 is 0.848 bits per heavy atom. The summed E-state index contributed by atoms with van der Waals surface area (Å²) in [5.74, 6) is 2.03. The van der Waals surface area contributed by atoms with Gasteiger partial charge in [-0.05, 0) is 229 Å². The number of nitrogens with zero attached hydrogens (tertiary/aromatic N) is 19. The van der Waals surface area contributed by atoms with E-state index in [1.54, 1.807) is 94.2 Å². The first-order chi connectivity index (χ1) is 53.0. The fourth-order valence-corrected chi connectivity index (χ4v) is 16.3. The van der Waals surface area contributed by atoms with Crippen LogP contribution in [0.25, 0.3) is 22.1 Å². The molecule has 0 spiro atoms. The van der Waals surface area contributed by atoms with Gasteiger partial charge in [-0.25, -0.2) is 24.4 Å². The molecule has 2 saturated carbocycles. The smallest absolute Gasteiger partial charge is 0.410 e. The summed E-state index contributed by atoms with van der Waals surface area (Å²) < 4.78 is 22.8. The highest BCUT2D eigenvalue weighted by Gasteiger charge is 2.48. The summed E-state index contributed by atoms with van der Waals surface area (Å²) in [5.41, 5.74) is 6.85. The summed E-state index contributed by atoms with van der Waals surface area (Å²) in [7, 11) is 7.03. The molecular weight excluding hydrogens is 1630 g/mol. The lowest BCUT2D eigenvalue weighted by molar-refractivity contribution is -0.120. The van der Waals surface area contributed by atoms with E-state index in [-0.39, 0.29) is 109 Å². The number of anilines is 5. The molecule has 32 nitrogen and oxygen atoms in total. The number of carbonyl (C=O) groups is 8. The van der Waals surface area contributed by atoms with Crippen LogP contribution < -0.4 is 20.9 Å². The molecule has 3 N–H and O–H groups in total. The van der Waals surface area contributed by atoms with Gasteiger partial charge in [-0.15, -0.1) is 30.6 Å². The van der Waals surface area contributed by atoms with Crippen molar-refractivity contribution in [3.8, 4) is 0 Å². The van der Waals surface area contributed by atoms with E-state index in [1.807, 2.05) is 91.5 Å². The molecule has 6 saturated heterocycles. The second-order valence-corrected chi connectivity index (χ2v) is 35.3. The molecule has 0 aromatic carbocycles. The van der Waals surface area contributed by atoms with Gasteiger partial charge in [0.1, 0.15) is 59.1 Å². The van der Waals surface area contributed by atoms with E-state index in [0.717, 1.165) is 109 Å². The van der Waals surface area contributed by atoms with Crippen molar-refractivity contribution in [1.29, 1.82) is 0 Å². The minimum absolute atomic E-state index is 0.00604. The van der Waals surface area contributed by atoms with Gasteiger partial charge in [-0.2, -0.15) is 9.97 Å². The molecule has 6 unspecified atom stereocenters. The van der Waals surface area contributed by atoms with Crippen LogP contribution in [0.1, 0.15) is 217 Å². The largest absolute Gasteiger partial charge is 0.444 e. The van der Waals surface area contributed by atoms with Crippen molar-refractivity contribution < 1.29 is 52.6 Å². The van der Waals surface area contributed by atoms with E-state index >= 15 is 0 Å². The van der Waals surface area contributed by atoms with Crippen molar-refractivity contribution in [2.45, 2.75) is 249 Å². The van der Waals surface area contributed by atoms with Crippen molar-refractivity contribution in [3.05, 3.63) is 86.1 Å². The van der Waals surface area contributed by atoms with Crippen LogP contribution in [-0.4, -0.2) is 226 Å². The van der Waals surface area contributed by atoms with Crippen LogP contribution in [0.5, 0.6) is 0 Å². The monoisotopic (exact) mass is 1730 g/mol. The molecule has 7 aromatic rings. The number of amides is 7. The number of aromatic nitrogens is 12. The number of Topliss-reactive ketones (excluding diaryl/α,β-unsaturated/α-hetero) is 1. The van der Waals surface area contributed by atoms with Crippen LogP contribution in [0.15, 0.2) is 74.7 Å². The molecular formula is C77H102Br3N21O11. The van der Waals surface area contributed by atoms with E-state index in [2.05, 4.69) is 108 Å². The molecule has 7 amide bonds. The maximum absolute atomic E-state index is 13.2. The van der Waals surface area contributed by atoms with Gasteiger partial charge in [0.15, 0.2) is 17.5 Å². The van der Waals surface area contributed by atoms with Crippen molar-refractivity contribution >= 4 is 147 Å². The summed E-state index contributed by atoms with van der Waals surface area (Å²) in [6.45, 7) is 17.4. The summed E-state index contributed by atoms with van der Waals surface area (Å²) >= 11 is 9.54. The zero-order valence-electron chi connectivity index (χ0n) is 65.9. The standard InChI is InChI=1S/C30H39N9O4.C16H21BrN4O3.C14H19N5O.C13H21NO3.C4H2Br2N2/c1-30(2,3)43-29(42)38-20-10-11-21(38)17-37(25(40)15-20)24-13-12-23(34-35-24)32-28-31-16-18-14-22(27(41)36(4)5)39(26(18)33-28)19-8-6-7-9-19;1-16(2,3)24-15(23)21-10-4-5-11(21)9-20(14(22)8-10)13-7-6-12(17)18-19-13;1-18(2)13(20)11-7-9-8-16-14(15)17-12(9)19(11)10-5-3-4-6-10;1-13(2,3)17-12(16)14-9-4-5-10(14)8-11(15)7-6-9;5-3-1-2-4(6)8-7-3/h12-14,16,19-21H,6-11,15,17H2,1-5H3,(H,31,32,33,34);6-7,10-11H,4-5,8-9H2,1-3H3;7-8,10H,3-6H2,1-2H3,(H2,15,16,17);9-10H,4-8H2,1-3H3;1-2H. The van der Waals surface area contributed by atoms with E-state index in [1.165, 1.54) is 12.8 Å². The SMILES string of the molecule is Brc1ccc(Br)nn1.CC(C)(C)OC(=O)N1C2CCC(=O)CC1CC2.CC(C)(C)OC(=O)N1C2CCC1CN(c1ccc(Br)nn1)C(=O)C2.CN(C)C(=O)c1cc2cnc(N)nc2n1C1CCCC1.CN(C)C(=O)c1cc2cnc(Nc3ccc(N4CC5CCC(CC4=O)N5C(=O)OC(C)(C)C)nn3)nc2n1C1CCCC1. The average molecular weight is 1740 g/mol. The Labute approximate surface area is 677 Å². The lowest BCUT2D eigenvalue weighted by Gasteiger charge is -2.31. The number of fused-ring (bicyclic) bond motifs is 8. The number of hydrogen-bond acceptors (Lipinski definition) is 23. The van der Waals surface area contributed by atoms with Gasteiger partial charge in [0.2, 0.25) is 23.7 Å². The first-order valence-electron chi connectivity index (χ1n) is 38.3. The Morgan fingerprint density at radius 3 is 1.26 bits per heavy atom. The first-order valence-corrected chi connectivity index (χ1v) is 40.7. The number of carbonyl (C=O) groups excluding carboxylic acids is 8. The van der Waals surface area contributed by atoms with Crippen molar-refractivity contribution in [2.24, 2.45) is 0 Å². The molecule has 6 aliphatic heterocycles. The van der Waals surface area contributed by atoms with E-state index < -0.39 is 16.8 Å². The number of ether oxygens (including phenoxy) is 3. The highest BCUT2D eigenvalue weighted by Crippen LogP contribution is 2.40. The quantitative estimate of drug-likeness (QED) is 0.133. The normalized spacial score (nSPS) is 21.1. The van der Waals surface area contributed by atoms with Crippen LogP contribution in [0.4, 0.5) is 43.7 Å². The van der Waals surface area contributed by atoms with Gasteiger partial charge in [0.25, 0.3) is 11.8 Å². The van der Waals surface area contributed by atoms with Gasteiger partial charge in [-0.3, -0.25) is 43.6 Å². The molecule has 8 aliphatic rings. The Kier molecular flexibility index (Phi) is 26.6.